The zero-order valence-corrected chi connectivity index (χ0v) is 11.4. The number of aryl methyl sites for hydroxylation is 1. The van der Waals surface area contributed by atoms with Gasteiger partial charge in [0.15, 0.2) is 5.96 Å². The summed E-state index contributed by atoms with van der Waals surface area (Å²) in [6, 6.07) is 11.4. The highest BCUT2D eigenvalue weighted by Crippen LogP contribution is 2.13. The molecule has 0 aliphatic rings. The molecule has 0 radical (unpaired) electrons. The normalized spacial score (nSPS) is 13.2. The fourth-order valence-corrected chi connectivity index (χ4v) is 1.77. The summed E-state index contributed by atoms with van der Waals surface area (Å²) in [5.41, 5.74) is 7.91. The van der Waals surface area contributed by atoms with Crippen LogP contribution in [0.2, 0.25) is 0 Å². The summed E-state index contributed by atoms with van der Waals surface area (Å²) in [6.45, 7) is 2.26. The van der Waals surface area contributed by atoms with E-state index >= 15 is 0 Å². The second-order valence-electron chi connectivity index (χ2n) is 4.43. The minimum Gasteiger partial charge on any atom is -0.467 e. The van der Waals surface area contributed by atoms with E-state index in [9.17, 15) is 5.11 Å². The number of rotatable bonds is 5. The van der Waals surface area contributed by atoms with Crippen molar-refractivity contribution in [2.24, 2.45) is 10.7 Å². The number of nitrogens with one attached hydrogen (secondary N) is 1. The van der Waals surface area contributed by atoms with Crippen LogP contribution in [0.25, 0.3) is 0 Å². The summed E-state index contributed by atoms with van der Waals surface area (Å²) in [4.78, 5) is 4.09. The Morgan fingerprint density at radius 3 is 2.70 bits per heavy atom. The highest BCUT2D eigenvalue weighted by molar-refractivity contribution is 5.92. The van der Waals surface area contributed by atoms with E-state index in [1.165, 1.54) is 11.8 Å². The summed E-state index contributed by atoms with van der Waals surface area (Å²) in [5.74, 6) is 0.744. The van der Waals surface area contributed by atoms with E-state index in [1.54, 1.807) is 12.1 Å². The molecule has 0 fully saturated rings. The van der Waals surface area contributed by atoms with E-state index < -0.39 is 6.10 Å². The largest absolute Gasteiger partial charge is 0.467 e. The lowest BCUT2D eigenvalue weighted by atomic mass is 10.1. The lowest BCUT2D eigenvalue weighted by Gasteiger charge is -2.08. The van der Waals surface area contributed by atoms with Gasteiger partial charge < -0.3 is 20.6 Å². The third-order valence-corrected chi connectivity index (χ3v) is 2.94. The number of nitrogens with zero attached hydrogens (tertiary/aromatic N) is 1. The van der Waals surface area contributed by atoms with Gasteiger partial charge in [-0.15, -0.1) is 0 Å². The van der Waals surface area contributed by atoms with Gasteiger partial charge in [0.2, 0.25) is 0 Å². The fraction of sp³-hybridized carbons (Fsp3) is 0.267. The number of guanidine groups is 1. The Hall–Kier alpha value is -2.27. The van der Waals surface area contributed by atoms with Crippen LogP contribution in [0.5, 0.6) is 0 Å². The molecule has 0 spiro atoms. The number of nitrogens with two attached hydrogens (primary N) is 1. The molecule has 2 aromatic rings. The van der Waals surface area contributed by atoms with Crippen LogP contribution in [0.15, 0.2) is 52.1 Å². The molecule has 0 saturated heterocycles. The number of aliphatic imine (C=N–C) groups is 1. The quantitative estimate of drug-likeness (QED) is 0.576. The molecule has 0 saturated carbocycles. The molecule has 1 atom stereocenters. The number of anilines is 1. The van der Waals surface area contributed by atoms with E-state index in [0.717, 1.165) is 12.1 Å². The number of aliphatic hydroxyl groups excluding tert-OH is 1. The third-order valence-electron chi connectivity index (χ3n) is 2.94. The molecule has 5 heteroatoms. The number of hydrogen-bond acceptors (Lipinski definition) is 3. The zero-order valence-electron chi connectivity index (χ0n) is 11.4. The molecule has 1 unspecified atom stereocenters. The molecule has 106 valence electrons. The first kappa shape index (κ1) is 14.1. The SMILES string of the molecule is CCc1ccc(NC(N)=NCC(O)c2ccco2)cc1. The second-order valence-corrected chi connectivity index (χ2v) is 4.43. The van der Waals surface area contributed by atoms with Crippen LogP contribution in [0.1, 0.15) is 24.4 Å². The standard InChI is InChI=1S/C15H19N3O2/c1-2-11-5-7-12(8-6-11)18-15(16)17-10-13(19)14-4-3-9-20-14/h3-9,13,19H,2,10H2,1H3,(H3,16,17,18). The zero-order chi connectivity index (χ0) is 14.4. The summed E-state index contributed by atoms with van der Waals surface area (Å²) < 4.78 is 5.09. The van der Waals surface area contributed by atoms with Crippen LogP contribution in [-0.2, 0) is 6.42 Å². The molecule has 0 bridgehead atoms. The van der Waals surface area contributed by atoms with Gasteiger partial charge in [-0.25, -0.2) is 4.99 Å². The second kappa shape index (κ2) is 6.77. The average Bonchev–Trinajstić information content (AvgIpc) is 3.00. The number of benzene rings is 1. The predicted octanol–water partition coefficient (Wildman–Crippen LogP) is 2.30. The Labute approximate surface area is 118 Å². The lowest BCUT2D eigenvalue weighted by Crippen LogP contribution is -2.23. The van der Waals surface area contributed by atoms with E-state index in [0.29, 0.717) is 5.76 Å². The van der Waals surface area contributed by atoms with Crippen LogP contribution < -0.4 is 11.1 Å². The third kappa shape index (κ3) is 3.86. The van der Waals surface area contributed by atoms with E-state index in [-0.39, 0.29) is 12.5 Å². The summed E-state index contributed by atoms with van der Waals surface area (Å²) in [6.07, 6.45) is 1.73. The Morgan fingerprint density at radius 2 is 2.10 bits per heavy atom. The Kier molecular flexibility index (Phi) is 4.79. The predicted molar refractivity (Wildman–Crippen MR) is 79.6 cm³/mol. The van der Waals surface area contributed by atoms with Gasteiger partial charge in [-0.1, -0.05) is 19.1 Å². The molecule has 1 heterocycles. The van der Waals surface area contributed by atoms with Crippen LogP contribution in [0.3, 0.4) is 0 Å². The highest BCUT2D eigenvalue weighted by Gasteiger charge is 2.09. The van der Waals surface area contributed by atoms with Crippen LogP contribution in [-0.4, -0.2) is 17.6 Å². The monoisotopic (exact) mass is 273 g/mol. The van der Waals surface area contributed by atoms with Crippen LogP contribution in [0.4, 0.5) is 5.69 Å². The molecule has 4 N–H and O–H groups in total. The van der Waals surface area contributed by atoms with Crippen LogP contribution in [0, 0.1) is 0 Å². The van der Waals surface area contributed by atoms with Gasteiger partial charge in [0, 0.05) is 5.69 Å². The van der Waals surface area contributed by atoms with Gasteiger partial charge in [-0.3, -0.25) is 0 Å². The first-order valence-corrected chi connectivity index (χ1v) is 6.56. The molecule has 0 amide bonds. The van der Waals surface area contributed by atoms with E-state index in [4.69, 9.17) is 10.2 Å². The van der Waals surface area contributed by atoms with Crippen molar-refractivity contribution in [1.82, 2.24) is 0 Å². The van der Waals surface area contributed by atoms with Crippen molar-refractivity contribution >= 4 is 11.6 Å². The first-order valence-electron chi connectivity index (χ1n) is 6.56. The van der Waals surface area contributed by atoms with E-state index in [1.807, 2.05) is 24.3 Å². The molecular weight excluding hydrogens is 254 g/mol. The molecule has 1 aromatic carbocycles. The molecular formula is C15H19N3O2. The molecule has 0 aliphatic heterocycles. The summed E-state index contributed by atoms with van der Waals surface area (Å²) in [7, 11) is 0. The highest BCUT2D eigenvalue weighted by atomic mass is 16.4. The number of hydrogen-bond donors (Lipinski definition) is 3. The topological polar surface area (TPSA) is 83.8 Å². The Bertz CT molecular complexity index is 547. The van der Waals surface area contributed by atoms with E-state index in [2.05, 4.69) is 17.2 Å². The fourth-order valence-electron chi connectivity index (χ4n) is 1.77. The van der Waals surface area contributed by atoms with Gasteiger partial charge >= 0.3 is 0 Å². The molecule has 20 heavy (non-hydrogen) atoms. The Morgan fingerprint density at radius 1 is 1.35 bits per heavy atom. The Balaban J connectivity index is 1.90. The lowest BCUT2D eigenvalue weighted by molar-refractivity contribution is 0.158. The smallest absolute Gasteiger partial charge is 0.193 e. The van der Waals surface area contributed by atoms with Crippen molar-refractivity contribution in [3.63, 3.8) is 0 Å². The average molecular weight is 273 g/mol. The molecule has 1 aromatic heterocycles. The van der Waals surface area contributed by atoms with Gasteiger partial charge in [0.25, 0.3) is 0 Å². The van der Waals surface area contributed by atoms with Gasteiger partial charge in [0.05, 0.1) is 12.8 Å². The number of aliphatic hydroxyl groups is 1. The van der Waals surface area contributed by atoms with Gasteiger partial charge in [-0.05, 0) is 36.2 Å². The van der Waals surface area contributed by atoms with Crippen LogP contribution >= 0.6 is 0 Å². The van der Waals surface area contributed by atoms with Crippen molar-refractivity contribution in [2.45, 2.75) is 19.4 Å². The van der Waals surface area contributed by atoms with Crippen molar-refractivity contribution in [3.8, 4) is 0 Å². The molecule has 0 aliphatic carbocycles. The van der Waals surface area contributed by atoms with Crippen molar-refractivity contribution in [2.75, 3.05) is 11.9 Å². The van der Waals surface area contributed by atoms with Gasteiger partial charge in [-0.2, -0.15) is 0 Å². The van der Waals surface area contributed by atoms with Crippen molar-refractivity contribution in [1.29, 1.82) is 0 Å². The maximum Gasteiger partial charge on any atom is 0.193 e. The van der Waals surface area contributed by atoms with Crippen molar-refractivity contribution in [3.05, 3.63) is 54.0 Å². The number of furan rings is 1. The minimum atomic E-state index is -0.784. The maximum absolute atomic E-state index is 9.81. The van der Waals surface area contributed by atoms with Crippen molar-refractivity contribution < 1.29 is 9.52 Å². The summed E-state index contributed by atoms with van der Waals surface area (Å²) in [5, 5.41) is 12.8. The maximum atomic E-state index is 9.81. The first-order chi connectivity index (χ1) is 9.69. The summed E-state index contributed by atoms with van der Waals surface area (Å²) >= 11 is 0. The molecule has 2 rings (SSSR count). The minimum absolute atomic E-state index is 0.152. The molecule has 5 nitrogen and oxygen atoms in total. The van der Waals surface area contributed by atoms with Gasteiger partial charge in [0.1, 0.15) is 11.9 Å².